The van der Waals surface area contributed by atoms with E-state index in [4.69, 9.17) is 9.84 Å². The number of carbonyl (C=O) groups excluding carboxylic acids is 1. The maximum absolute atomic E-state index is 11.4. The van der Waals surface area contributed by atoms with E-state index in [1.807, 2.05) is 12.1 Å². The molecule has 0 aliphatic heterocycles. The highest BCUT2D eigenvalue weighted by Crippen LogP contribution is 2.22. The van der Waals surface area contributed by atoms with Crippen LogP contribution in [-0.4, -0.2) is 37.2 Å². The number of methoxy groups -OCH3 is 1. The molecule has 1 rings (SSSR count). The van der Waals surface area contributed by atoms with Crippen LogP contribution in [0.15, 0.2) is 24.3 Å². The Labute approximate surface area is 105 Å². The highest BCUT2D eigenvalue weighted by atomic mass is 16.5. The molecule has 0 saturated heterocycles. The topological polar surface area (TPSA) is 87.7 Å². The van der Waals surface area contributed by atoms with Gasteiger partial charge in [0.25, 0.3) is 0 Å². The minimum Gasteiger partial charge on any atom is -0.495 e. The molecule has 0 aliphatic carbocycles. The molecule has 1 amide bonds. The standard InChI is InChI=1S/C12H16N2O4/c1-18-10-5-3-2-4-9(10)14-8-11(15)13-7-6-12(16)17/h2-5,14H,6-8H2,1H3,(H,13,15)(H,16,17). The maximum atomic E-state index is 11.4. The number of anilines is 1. The molecule has 0 unspecified atom stereocenters. The van der Waals surface area contributed by atoms with Gasteiger partial charge in [-0.25, -0.2) is 0 Å². The van der Waals surface area contributed by atoms with Crippen LogP contribution < -0.4 is 15.4 Å². The Kier molecular flexibility index (Phi) is 5.50. The van der Waals surface area contributed by atoms with E-state index < -0.39 is 5.97 Å². The molecule has 6 heteroatoms. The monoisotopic (exact) mass is 252 g/mol. The van der Waals surface area contributed by atoms with Crippen molar-refractivity contribution >= 4 is 17.6 Å². The molecule has 1 aromatic rings. The summed E-state index contributed by atoms with van der Waals surface area (Å²) < 4.78 is 5.12. The van der Waals surface area contributed by atoms with Gasteiger partial charge in [0.05, 0.1) is 25.8 Å². The molecule has 0 spiro atoms. The third-order valence-corrected chi connectivity index (χ3v) is 2.21. The van der Waals surface area contributed by atoms with E-state index in [-0.39, 0.29) is 25.4 Å². The zero-order chi connectivity index (χ0) is 13.4. The van der Waals surface area contributed by atoms with Gasteiger partial charge < -0.3 is 20.5 Å². The first-order valence-corrected chi connectivity index (χ1v) is 5.49. The van der Waals surface area contributed by atoms with Crippen molar-refractivity contribution in [1.82, 2.24) is 5.32 Å². The van der Waals surface area contributed by atoms with Gasteiger partial charge in [0.2, 0.25) is 5.91 Å². The quantitative estimate of drug-likeness (QED) is 0.664. The molecule has 6 nitrogen and oxygen atoms in total. The van der Waals surface area contributed by atoms with Crippen LogP contribution in [0.4, 0.5) is 5.69 Å². The summed E-state index contributed by atoms with van der Waals surface area (Å²) in [4.78, 5) is 21.7. The van der Waals surface area contributed by atoms with Crippen LogP contribution in [0, 0.1) is 0 Å². The van der Waals surface area contributed by atoms with Crippen LogP contribution in [0.2, 0.25) is 0 Å². The highest BCUT2D eigenvalue weighted by molar-refractivity contribution is 5.81. The second-order valence-electron chi connectivity index (χ2n) is 3.55. The van der Waals surface area contributed by atoms with Crippen molar-refractivity contribution in [3.8, 4) is 5.75 Å². The van der Waals surface area contributed by atoms with Gasteiger partial charge in [-0.05, 0) is 12.1 Å². The van der Waals surface area contributed by atoms with E-state index in [9.17, 15) is 9.59 Å². The van der Waals surface area contributed by atoms with Gasteiger partial charge in [0, 0.05) is 6.54 Å². The van der Waals surface area contributed by atoms with E-state index in [2.05, 4.69) is 10.6 Å². The molecule has 18 heavy (non-hydrogen) atoms. The number of amides is 1. The number of hydrogen-bond acceptors (Lipinski definition) is 4. The molecular weight excluding hydrogens is 236 g/mol. The molecule has 0 radical (unpaired) electrons. The largest absolute Gasteiger partial charge is 0.495 e. The number of rotatable bonds is 7. The molecule has 0 aromatic heterocycles. The second-order valence-corrected chi connectivity index (χ2v) is 3.55. The van der Waals surface area contributed by atoms with Crippen molar-refractivity contribution in [3.63, 3.8) is 0 Å². The average Bonchev–Trinajstić information content (AvgIpc) is 2.36. The van der Waals surface area contributed by atoms with Crippen LogP contribution in [0.25, 0.3) is 0 Å². The van der Waals surface area contributed by atoms with E-state index in [0.29, 0.717) is 11.4 Å². The second kappa shape index (κ2) is 7.16. The van der Waals surface area contributed by atoms with E-state index in [1.54, 1.807) is 19.2 Å². The summed E-state index contributed by atoms with van der Waals surface area (Å²) in [6.07, 6.45) is -0.0829. The van der Waals surface area contributed by atoms with E-state index in [0.717, 1.165) is 0 Å². The lowest BCUT2D eigenvalue weighted by molar-refractivity contribution is -0.136. The lowest BCUT2D eigenvalue weighted by Crippen LogP contribution is -2.31. The highest BCUT2D eigenvalue weighted by Gasteiger charge is 2.05. The number of nitrogens with one attached hydrogen (secondary N) is 2. The summed E-state index contributed by atoms with van der Waals surface area (Å²) in [5, 5.41) is 13.8. The van der Waals surface area contributed by atoms with Crippen molar-refractivity contribution in [2.24, 2.45) is 0 Å². The number of ether oxygens (including phenoxy) is 1. The Bertz CT molecular complexity index is 420. The fraction of sp³-hybridized carbons (Fsp3) is 0.333. The summed E-state index contributed by atoms with van der Waals surface area (Å²) in [6.45, 7) is 0.196. The summed E-state index contributed by atoms with van der Waals surface area (Å²) >= 11 is 0. The molecule has 0 atom stereocenters. The molecule has 0 aliphatic rings. The zero-order valence-corrected chi connectivity index (χ0v) is 10.1. The maximum Gasteiger partial charge on any atom is 0.305 e. The van der Waals surface area contributed by atoms with E-state index in [1.165, 1.54) is 0 Å². The minimum absolute atomic E-state index is 0.0694. The van der Waals surface area contributed by atoms with Crippen molar-refractivity contribution in [3.05, 3.63) is 24.3 Å². The van der Waals surface area contributed by atoms with Crippen LogP contribution >= 0.6 is 0 Å². The third-order valence-electron chi connectivity index (χ3n) is 2.21. The molecule has 98 valence electrons. The summed E-state index contributed by atoms with van der Waals surface area (Å²) in [5.41, 5.74) is 0.716. The van der Waals surface area contributed by atoms with Gasteiger partial charge in [-0.3, -0.25) is 9.59 Å². The Balaban J connectivity index is 2.35. The average molecular weight is 252 g/mol. The summed E-state index contributed by atoms with van der Waals surface area (Å²) in [6, 6.07) is 7.23. The molecule has 0 saturated carbocycles. The van der Waals surface area contributed by atoms with Crippen LogP contribution in [-0.2, 0) is 9.59 Å². The predicted octanol–water partition coefficient (Wildman–Crippen LogP) is 0.698. The number of carboxylic acids is 1. The van der Waals surface area contributed by atoms with Crippen molar-refractivity contribution < 1.29 is 19.4 Å². The lowest BCUT2D eigenvalue weighted by Gasteiger charge is -2.10. The van der Waals surface area contributed by atoms with Gasteiger partial charge >= 0.3 is 5.97 Å². The molecule has 0 fully saturated rings. The first kappa shape index (κ1) is 13.8. The fourth-order valence-electron chi connectivity index (χ4n) is 1.34. The molecule has 0 heterocycles. The fourth-order valence-corrected chi connectivity index (χ4v) is 1.34. The smallest absolute Gasteiger partial charge is 0.305 e. The van der Waals surface area contributed by atoms with Crippen molar-refractivity contribution in [1.29, 1.82) is 0 Å². The Hall–Kier alpha value is -2.24. The number of carbonyl (C=O) groups is 2. The molecular formula is C12H16N2O4. The Morgan fingerprint density at radius 3 is 2.72 bits per heavy atom. The molecule has 3 N–H and O–H groups in total. The number of carboxylic acid groups (broad SMARTS) is 1. The van der Waals surface area contributed by atoms with E-state index >= 15 is 0 Å². The molecule has 1 aromatic carbocycles. The summed E-state index contributed by atoms with van der Waals surface area (Å²) in [5.74, 6) is -0.550. The van der Waals surface area contributed by atoms with Gasteiger partial charge in [-0.2, -0.15) is 0 Å². The lowest BCUT2D eigenvalue weighted by atomic mass is 10.3. The Morgan fingerprint density at radius 2 is 2.06 bits per heavy atom. The van der Waals surface area contributed by atoms with Crippen LogP contribution in [0.3, 0.4) is 0 Å². The SMILES string of the molecule is COc1ccccc1NCC(=O)NCCC(=O)O. The van der Waals surface area contributed by atoms with Crippen molar-refractivity contribution in [2.75, 3.05) is 25.5 Å². The van der Waals surface area contributed by atoms with Gasteiger partial charge in [0.15, 0.2) is 0 Å². The number of hydrogen-bond donors (Lipinski definition) is 3. The number of benzene rings is 1. The third kappa shape index (κ3) is 4.73. The first-order valence-electron chi connectivity index (χ1n) is 5.49. The number of aliphatic carboxylic acids is 1. The molecule has 0 bridgehead atoms. The van der Waals surface area contributed by atoms with Crippen molar-refractivity contribution in [2.45, 2.75) is 6.42 Å². The van der Waals surface area contributed by atoms with Gasteiger partial charge in [0.1, 0.15) is 5.75 Å². The minimum atomic E-state index is -0.937. The van der Waals surface area contributed by atoms with Crippen LogP contribution in [0.5, 0.6) is 5.75 Å². The zero-order valence-electron chi connectivity index (χ0n) is 10.1. The van der Waals surface area contributed by atoms with Gasteiger partial charge in [-0.1, -0.05) is 12.1 Å². The van der Waals surface area contributed by atoms with Gasteiger partial charge in [-0.15, -0.1) is 0 Å². The Morgan fingerprint density at radius 1 is 1.33 bits per heavy atom. The summed E-state index contributed by atoms with van der Waals surface area (Å²) in [7, 11) is 1.55. The van der Waals surface area contributed by atoms with Crippen LogP contribution in [0.1, 0.15) is 6.42 Å². The predicted molar refractivity (Wildman–Crippen MR) is 66.7 cm³/mol. The first-order chi connectivity index (χ1) is 8.63. The normalized spacial score (nSPS) is 9.61. The number of para-hydroxylation sites is 2.